The van der Waals surface area contributed by atoms with Gasteiger partial charge in [-0.1, -0.05) is 6.07 Å². The van der Waals surface area contributed by atoms with Crippen LogP contribution in [0.2, 0.25) is 0 Å². The van der Waals surface area contributed by atoms with E-state index in [0.717, 1.165) is 5.69 Å². The second-order valence-electron chi connectivity index (χ2n) is 4.51. The third kappa shape index (κ3) is 3.38. The quantitative estimate of drug-likeness (QED) is 0.585. The molecule has 1 amide bonds. The molecule has 0 unspecified atom stereocenters. The summed E-state index contributed by atoms with van der Waals surface area (Å²) in [5.41, 5.74) is 1.66. The standard InChI is InChI=1S/C15H10N4O3S/c20-14(10-4-6-11(7-5-10)19(21)22)18-15-17-13(9-23-15)12-3-1-2-8-16-12/h1-9H,(H,17,18,20). The summed E-state index contributed by atoms with van der Waals surface area (Å²) in [6.45, 7) is 0. The van der Waals surface area contributed by atoms with Crippen LogP contribution < -0.4 is 5.32 Å². The van der Waals surface area contributed by atoms with E-state index in [2.05, 4.69) is 15.3 Å². The van der Waals surface area contributed by atoms with Crippen molar-refractivity contribution in [3.8, 4) is 11.4 Å². The maximum absolute atomic E-state index is 12.1. The lowest BCUT2D eigenvalue weighted by molar-refractivity contribution is -0.384. The molecule has 0 aliphatic heterocycles. The molecular formula is C15H10N4O3S. The smallest absolute Gasteiger partial charge is 0.269 e. The Labute approximate surface area is 134 Å². The van der Waals surface area contributed by atoms with Gasteiger partial charge in [0.25, 0.3) is 11.6 Å². The van der Waals surface area contributed by atoms with Crippen LogP contribution in [0.3, 0.4) is 0 Å². The van der Waals surface area contributed by atoms with Crippen molar-refractivity contribution in [1.82, 2.24) is 9.97 Å². The highest BCUT2D eigenvalue weighted by molar-refractivity contribution is 7.14. The summed E-state index contributed by atoms with van der Waals surface area (Å²) in [5.74, 6) is -0.373. The Kier molecular flexibility index (Phi) is 4.07. The molecular weight excluding hydrogens is 316 g/mol. The molecule has 0 radical (unpaired) electrons. The SMILES string of the molecule is O=C(Nc1nc(-c2ccccn2)cs1)c1ccc([N+](=O)[O-])cc1. The molecule has 7 nitrogen and oxygen atoms in total. The zero-order valence-electron chi connectivity index (χ0n) is 11.7. The normalized spacial score (nSPS) is 10.3. The molecule has 1 N–H and O–H groups in total. The van der Waals surface area contributed by atoms with Crippen molar-refractivity contribution < 1.29 is 9.72 Å². The van der Waals surface area contributed by atoms with Crippen LogP contribution in [-0.4, -0.2) is 20.8 Å². The number of pyridine rings is 1. The van der Waals surface area contributed by atoms with Crippen LogP contribution in [0.15, 0.2) is 54.0 Å². The zero-order chi connectivity index (χ0) is 16.2. The van der Waals surface area contributed by atoms with Gasteiger partial charge in [0.2, 0.25) is 0 Å². The molecule has 114 valence electrons. The van der Waals surface area contributed by atoms with Crippen LogP contribution >= 0.6 is 11.3 Å². The molecule has 3 aromatic rings. The number of anilines is 1. The van der Waals surface area contributed by atoms with Crippen LogP contribution in [-0.2, 0) is 0 Å². The number of carbonyl (C=O) groups excluding carboxylic acids is 1. The molecule has 2 heterocycles. The molecule has 2 aromatic heterocycles. The van der Waals surface area contributed by atoms with E-state index in [1.165, 1.54) is 35.6 Å². The number of rotatable bonds is 4. The number of nitro groups is 1. The number of non-ortho nitro benzene ring substituents is 1. The molecule has 0 spiro atoms. The Morgan fingerprint density at radius 2 is 1.91 bits per heavy atom. The molecule has 0 atom stereocenters. The second-order valence-corrected chi connectivity index (χ2v) is 5.37. The number of amides is 1. The summed E-state index contributed by atoms with van der Waals surface area (Å²) < 4.78 is 0. The van der Waals surface area contributed by atoms with E-state index >= 15 is 0 Å². The minimum atomic E-state index is -0.512. The number of carbonyl (C=O) groups is 1. The molecule has 3 rings (SSSR count). The summed E-state index contributed by atoms with van der Waals surface area (Å²) in [4.78, 5) is 30.7. The molecule has 0 fully saturated rings. The summed E-state index contributed by atoms with van der Waals surface area (Å²) in [7, 11) is 0. The number of nitro benzene ring substituents is 1. The maximum atomic E-state index is 12.1. The molecule has 0 aliphatic rings. The van der Waals surface area contributed by atoms with Gasteiger partial charge in [-0.05, 0) is 24.3 Å². The monoisotopic (exact) mass is 326 g/mol. The van der Waals surface area contributed by atoms with E-state index in [0.29, 0.717) is 16.4 Å². The van der Waals surface area contributed by atoms with Gasteiger partial charge in [0.1, 0.15) is 5.69 Å². The first-order valence-corrected chi connectivity index (χ1v) is 7.44. The number of aromatic nitrogens is 2. The van der Waals surface area contributed by atoms with E-state index in [-0.39, 0.29) is 11.6 Å². The van der Waals surface area contributed by atoms with E-state index in [1.54, 1.807) is 11.6 Å². The van der Waals surface area contributed by atoms with Gasteiger partial charge >= 0.3 is 0 Å². The van der Waals surface area contributed by atoms with Crippen LogP contribution in [0.1, 0.15) is 10.4 Å². The van der Waals surface area contributed by atoms with Crippen molar-refractivity contribution in [2.75, 3.05) is 5.32 Å². The summed E-state index contributed by atoms with van der Waals surface area (Å²) >= 11 is 1.28. The molecule has 8 heteroatoms. The number of nitrogens with one attached hydrogen (secondary N) is 1. The van der Waals surface area contributed by atoms with Gasteiger partial charge < -0.3 is 0 Å². The second kappa shape index (κ2) is 6.32. The summed E-state index contributed by atoms with van der Waals surface area (Å²) in [6, 6.07) is 10.9. The third-order valence-corrected chi connectivity index (χ3v) is 3.75. The minimum Gasteiger partial charge on any atom is -0.298 e. The minimum absolute atomic E-state index is 0.0618. The Morgan fingerprint density at radius 1 is 1.13 bits per heavy atom. The van der Waals surface area contributed by atoms with Gasteiger partial charge in [0.05, 0.1) is 10.6 Å². The zero-order valence-corrected chi connectivity index (χ0v) is 12.5. The Balaban J connectivity index is 1.73. The van der Waals surface area contributed by atoms with E-state index in [4.69, 9.17) is 0 Å². The van der Waals surface area contributed by atoms with Gasteiger partial charge in [-0.15, -0.1) is 11.3 Å². The average molecular weight is 326 g/mol. The lowest BCUT2D eigenvalue weighted by Crippen LogP contribution is -2.11. The van der Waals surface area contributed by atoms with Crippen molar-refractivity contribution in [1.29, 1.82) is 0 Å². The van der Waals surface area contributed by atoms with Gasteiger partial charge in [-0.25, -0.2) is 4.98 Å². The van der Waals surface area contributed by atoms with Gasteiger partial charge in [0.15, 0.2) is 5.13 Å². The maximum Gasteiger partial charge on any atom is 0.269 e. The molecule has 0 bridgehead atoms. The summed E-state index contributed by atoms with van der Waals surface area (Å²) in [5, 5.41) is 15.5. The first kappa shape index (κ1) is 14.8. The first-order valence-electron chi connectivity index (χ1n) is 6.56. The van der Waals surface area contributed by atoms with Gasteiger partial charge in [0, 0.05) is 29.3 Å². The molecule has 0 aliphatic carbocycles. The van der Waals surface area contributed by atoms with Gasteiger partial charge in [-0.2, -0.15) is 0 Å². The average Bonchev–Trinajstić information content (AvgIpc) is 3.04. The highest BCUT2D eigenvalue weighted by atomic mass is 32.1. The number of benzene rings is 1. The highest BCUT2D eigenvalue weighted by Gasteiger charge is 2.12. The topological polar surface area (TPSA) is 98.0 Å². The third-order valence-electron chi connectivity index (χ3n) is 2.99. The lowest BCUT2D eigenvalue weighted by Gasteiger charge is -2.01. The first-order chi connectivity index (χ1) is 11.1. The predicted molar refractivity (Wildman–Crippen MR) is 86.4 cm³/mol. The van der Waals surface area contributed by atoms with Gasteiger partial charge in [-0.3, -0.25) is 25.2 Å². The van der Waals surface area contributed by atoms with E-state index < -0.39 is 4.92 Å². The fourth-order valence-corrected chi connectivity index (χ4v) is 2.57. The van der Waals surface area contributed by atoms with Crippen molar-refractivity contribution in [3.05, 3.63) is 69.7 Å². The molecule has 1 aromatic carbocycles. The van der Waals surface area contributed by atoms with Crippen molar-refractivity contribution >= 4 is 28.1 Å². The fourth-order valence-electron chi connectivity index (χ4n) is 1.87. The fraction of sp³-hybridized carbons (Fsp3) is 0. The van der Waals surface area contributed by atoms with Crippen molar-refractivity contribution in [2.45, 2.75) is 0 Å². The van der Waals surface area contributed by atoms with Crippen LogP contribution in [0, 0.1) is 10.1 Å². The van der Waals surface area contributed by atoms with Crippen molar-refractivity contribution in [2.24, 2.45) is 0 Å². The summed E-state index contributed by atoms with van der Waals surface area (Å²) in [6.07, 6.45) is 1.67. The highest BCUT2D eigenvalue weighted by Crippen LogP contribution is 2.23. The number of hydrogen-bond donors (Lipinski definition) is 1. The van der Waals surface area contributed by atoms with Crippen LogP contribution in [0.25, 0.3) is 11.4 Å². The molecule has 0 saturated heterocycles. The van der Waals surface area contributed by atoms with Crippen LogP contribution in [0.5, 0.6) is 0 Å². The Hall–Kier alpha value is -3.13. The van der Waals surface area contributed by atoms with Crippen molar-refractivity contribution in [3.63, 3.8) is 0 Å². The number of nitrogens with zero attached hydrogens (tertiary/aromatic N) is 3. The molecule has 0 saturated carbocycles. The predicted octanol–water partition coefficient (Wildman–Crippen LogP) is 3.37. The lowest BCUT2D eigenvalue weighted by atomic mass is 10.2. The Bertz CT molecular complexity index is 847. The Morgan fingerprint density at radius 3 is 2.57 bits per heavy atom. The van der Waals surface area contributed by atoms with E-state index in [9.17, 15) is 14.9 Å². The molecule has 23 heavy (non-hydrogen) atoms. The largest absolute Gasteiger partial charge is 0.298 e. The van der Waals surface area contributed by atoms with E-state index in [1.807, 2.05) is 18.2 Å². The number of thiazole rings is 1. The van der Waals surface area contributed by atoms with Crippen LogP contribution in [0.4, 0.5) is 10.8 Å². The number of hydrogen-bond acceptors (Lipinski definition) is 6.